The largest absolute Gasteiger partial charge is 0.489 e. The van der Waals surface area contributed by atoms with Crippen LogP contribution in [0.3, 0.4) is 0 Å². The molecule has 3 rings (SSSR count). The lowest BCUT2D eigenvalue weighted by Gasteiger charge is -2.12. The second kappa shape index (κ2) is 7.58. The van der Waals surface area contributed by atoms with Crippen molar-refractivity contribution in [3.05, 3.63) is 65.1 Å². The maximum Gasteiger partial charge on any atom is 0.277 e. The number of carbonyl (C=O) groups excluding carboxylic acids is 1. The summed E-state index contributed by atoms with van der Waals surface area (Å²) in [5.41, 5.74) is 0.741. The van der Waals surface area contributed by atoms with Crippen molar-refractivity contribution in [2.45, 2.75) is 20.0 Å². The predicted octanol–water partition coefficient (Wildman–Crippen LogP) is 5.17. The molecule has 0 saturated carbocycles. The van der Waals surface area contributed by atoms with Crippen LogP contribution in [0.15, 0.2) is 53.1 Å². The number of anilines is 1. The zero-order valence-electron chi connectivity index (χ0n) is 14.1. The molecule has 0 spiro atoms. The molecule has 0 aliphatic carbocycles. The fourth-order valence-corrected chi connectivity index (χ4v) is 2.52. The summed E-state index contributed by atoms with van der Waals surface area (Å²) in [5.74, 6) is -0.247. The molecule has 26 heavy (non-hydrogen) atoms. The Morgan fingerprint density at radius 2 is 2.00 bits per heavy atom. The Morgan fingerprint density at radius 3 is 2.69 bits per heavy atom. The van der Waals surface area contributed by atoms with Crippen molar-refractivity contribution in [3.8, 4) is 17.1 Å². The number of carbonyl (C=O) groups is 1. The predicted molar refractivity (Wildman–Crippen MR) is 97.1 cm³/mol. The van der Waals surface area contributed by atoms with Crippen LogP contribution in [0.1, 0.15) is 24.3 Å². The van der Waals surface area contributed by atoms with Crippen molar-refractivity contribution >= 4 is 23.2 Å². The van der Waals surface area contributed by atoms with E-state index in [1.807, 2.05) is 13.8 Å². The molecule has 0 atom stereocenters. The van der Waals surface area contributed by atoms with Gasteiger partial charge in [-0.1, -0.05) is 28.9 Å². The summed E-state index contributed by atoms with van der Waals surface area (Å²) >= 11 is 6.15. The third-order valence-electron chi connectivity index (χ3n) is 3.43. The van der Waals surface area contributed by atoms with Crippen LogP contribution >= 0.6 is 11.6 Å². The average Bonchev–Trinajstić information content (AvgIpc) is 3.07. The molecule has 1 amide bonds. The molecular formula is C19H16ClFN2O3. The minimum Gasteiger partial charge on any atom is -0.489 e. The van der Waals surface area contributed by atoms with Crippen LogP contribution in [-0.2, 0) is 0 Å². The summed E-state index contributed by atoms with van der Waals surface area (Å²) in [6, 6.07) is 12.4. The maximum atomic E-state index is 13.8. The molecule has 7 heteroatoms. The van der Waals surface area contributed by atoms with Gasteiger partial charge < -0.3 is 14.6 Å². The van der Waals surface area contributed by atoms with Crippen LogP contribution in [0.25, 0.3) is 11.3 Å². The second-order valence-electron chi connectivity index (χ2n) is 5.82. The standard InChI is InChI=1S/C19H16ClFN2O3/c1-11(2)25-17-8-7-12(9-14(17)20)22-19(24)16-10-18(26-23-16)13-5-3-4-6-15(13)21/h3-11H,1-2H3,(H,22,24). The van der Waals surface area contributed by atoms with Gasteiger partial charge in [0.25, 0.3) is 5.91 Å². The van der Waals surface area contributed by atoms with Crippen LogP contribution in [0.4, 0.5) is 10.1 Å². The summed E-state index contributed by atoms with van der Waals surface area (Å²) in [6.45, 7) is 3.79. The number of nitrogens with zero attached hydrogens (tertiary/aromatic N) is 1. The maximum absolute atomic E-state index is 13.8. The first-order valence-corrected chi connectivity index (χ1v) is 8.31. The van der Waals surface area contributed by atoms with Crippen LogP contribution in [0.5, 0.6) is 5.75 Å². The number of amides is 1. The summed E-state index contributed by atoms with van der Waals surface area (Å²) < 4.78 is 24.4. The van der Waals surface area contributed by atoms with Gasteiger partial charge in [-0.05, 0) is 44.2 Å². The smallest absolute Gasteiger partial charge is 0.277 e. The Bertz CT molecular complexity index is 940. The van der Waals surface area contributed by atoms with Crippen molar-refractivity contribution < 1.29 is 18.4 Å². The third-order valence-corrected chi connectivity index (χ3v) is 3.73. The number of hydrogen-bond donors (Lipinski definition) is 1. The van der Waals surface area contributed by atoms with E-state index in [0.29, 0.717) is 16.5 Å². The van der Waals surface area contributed by atoms with Gasteiger partial charge in [0.15, 0.2) is 11.5 Å². The molecule has 1 aromatic heterocycles. The topological polar surface area (TPSA) is 64.4 Å². The Kier molecular flexibility index (Phi) is 5.23. The lowest BCUT2D eigenvalue weighted by molar-refractivity contribution is 0.101. The molecular weight excluding hydrogens is 359 g/mol. The Balaban J connectivity index is 1.75. The van der Waals surface area contributed by atoms with Crippen LogP contribution in [0.2, 0.25) is 5.02 Å². The first-order chi connectivity index (χ1) is 12.4. The molecule has 1 N–H and O–H groups in total. The highest BCUT2D eigenvalue weighted by Crippen LogP contribution is 2.29. The van der Waals surface area contributed by atoms with Gasteiger partial charge >= 0.3 is 0 Å². The first-order valence-electron chi connectivity index (χ1n) is 7.93. The Labute approximate surface area is 154 Å². The molecule has 5 nitrogen and oxygen atoms in total. The molecule has 0 aliphatic rings. The fraction of sp³-hybridized carbons (Fsp3) is 0.158. The van der Waals surface area contributed by atoms with Gasteiger partial charge in [-0.2, -0.15) is 0 Å². The number of halogens is 2. The van der Waals surface area contributed by atoms with E-state index in [4.69, 9.17) is 20.9 Å². The van der Waals surface area contributed by atoms with Gasteiger partial charge in [0.1, 0.15) is 11.6 Å². The van der Waals surface area contributed by atoms with E-state index in [1.54, 1.807) is 36.4 Å². The SMILES string of the molecule is CC(C)Oc1ccc(NC(=O)c2cc(-c3ccccc3F)on2)cc1Cl. The minimum atomic E-state index is -0.495. The van der Waals surface area contributed by atoms with Gasteiger partial charge in [-0.15, -0.1) is 0 Å². The third kappa shape index (κ3) is 4.03. The van der Waals surface area contributed by atoms with E-state index in [-0.39, 0.29) is 23.1 Å². The molecule has 3 aromatic rings. The first kappa shape index (κ1) is 17.9. The van der Waals surface area contributed by atoms with Gasteiger partial charge in [0, 0.05) is 11.8 Å². The van der Waals surface area contributed by atoms with Crippen molar-refractivity contribution in [3.63, 3.8) is 0 Å². The molecule has 1 heterocycles. The summed E-state index contributed by atoms with van der Waals surface area (Å²) in [7, 11) is 0. The van der Waals surface area contributed by atoms with Gasteiger partial charge in [-0.25, -0.2) is 4.39 Å². The summed E-state index contributed by atoms with van der Waals surface area (Å²) in [6.07, 6.45) is -0.0140. The monoisotopic (exact) mass is 374 g/mol. The van der Waals surface area contributed by atoms with Gasteiger partial charge in [-0.3, -0.25) is 4.79 Å². The van der Waals surface area contributed by atoms with E-state index >= 15 is 0 Å². The highest BCUT2D eigenvalue weighted by atomic mass is 35.5. The number of nitrogens with one attached hydrogen (secondary N) is 1. The van der Waals surface area contributed by atoms with Crippen LogP contribution in [0, 0.1) is 5.82 Å². The number of aromatic nitrogens is 1. The van der Waals surface area contributed by atoms with Crippen LogP contribution in [-0.4, -0.2) is 17.2 Å². The molecule has 0 aliphatic heterocycles. The summed E-state index contributed by atoms with van der Waals surface area (Å²) in [4.78, 5) is 12.3. The van der Waals surface area contributed by atoms with E-state index in [1.165, 1.54) is 12.1 Å². The summed E-state index contributed by atoms with van der Waals surface area (Å²) in [5, 5.41) is 6.74. The zero-order valence-corrected chi connectivity index (χ0v) is 14.9. The lowest BCUT2D eigenvalue weighted by atomic mass is 10.1. The Hall–Kier alpha value is -2.86. The number of ether oxygens (including phenoxy) is 1. The zero-order chi connectivity index (χ0) is 18.7. The molecule has 0 bridgehead atoms. The molecule has 2 aromatic carbocycles. The van der Waals surface area contributed by atoms with E-state index in [0.717, 1.165) is 0 Å². The average molecular weight is 375 g/mol. The van der Waals surface area contributed by atoms with Crippen molar-refractivity contribution in [1.29, 1.82) is 0 Å². The molecule has 0 saturated heterocycles. The van der Waals surface area contributed by atoms with Crippen LogP contribution < -0.4 is 10.1 Å². The fourth-order valence-electron chi connectivity index (χ4n) is 2.29. The molecule has 0 radical (unpaired) electrons. The minimum absolute atomic E-state index is 0.0140. The van der Waals surface area contributed by atoms with Crippen molar-refractivity contribution in [1.82, 2.24) is 5.16 Å². The Morgan fingerprint density at radius 1 is 1.23 bits per heavy atom. The lowest BCUT2D eigenvalue weighted by Crippen LogP contribution is -2.12. The highest BCUT2D eigenvalue weighted by Gasteiger charge is 2.16. The normalized spacial score (nSPS) is 10.8. The van der Waals surface area contributed by atoms with E-state index < -0.39 is 11.7 Å². The number of rotatable bonds is 5. The highest BCUT2D eigenvalue weighted by molar-refractivity contribution is 6.32. The molecule has 0 fully saturated rings. The second-order valence-corrected chi connectivity index (χ2v) is 6.23. The number of hydrogen-bond acceptors (Lipinski definition) is 4. The molecule has 0 unspecified atom stereocenters. The van der Waals surface area contributed by atoms with Crippen molar-refractivity contribution in [2.75, 3.05) is 5.32 Å². The van der Waals surface area contributed by atoms with E-state index in [2.05, 4.69) is 10.5 Å². The van der Waals surface area contributed by atoms with Gasteiger partial charge in [0.05, 0.1) is 16.7 Å². The van der Waals surface area contributed by atoms with E-state index in [9.17, 15) is 9.18 Å². The molecule has 134 valence electrons. The van der Waals surface area contributed by atoms with Gasteiger partial charge in [0.2, 0.25) is 0 Å². The van der Waals surface area contributed by atoms with Crippen molar-refractivity contribution in [2.24, 2.45) is 0 Å². The quantitative estimate of drug-likeness (QED) is 0.668. The number of benzene rings is 2.